The lowest BCUT2D eigenvalue weighted by Crippen LogP contribution is -2.37. The molecular weight excluding hydrogens is 452 g/mol. The number of fused-ring (bicyclic) bond motifs is 3. The summed E-state index contributed by atoms with van der Waals surface area (Å²) in [4.78, 5) is 30.3. The Morgan fingerprint density at radius 1 is 1.29 bits per heavy atom. The minimum atomic E-state index is -3.15. The van der Waals surface area contributed by atoms with Gasteiger partial charge in [-0.2, -0.15) is 4.99 Å². The van der Waals surface area contributed by atoms with Crippen LogP contribution in [0, 0.1) is 0 Å². The van der Waals surface area contributed by atoms with Crippen LogP contribution in [0.1, 0.15) is 25.0 Å². The Morgan fingerprint density at radius 3 is 2.86 bits per heavy atom. The summed E-state index contributed by atoms with van der Waals surface area (Å²) >= 11 is 0. The monoisotopic (exact) mass is 486 g/mol. The molecule has 2 aromatic heterocycles. The molecular formula is C23H28N8O4. The highest BCUT2D eigenvalue weighted by Crippen LogP contribution is 2.37. The first kappa shape index (κ1) is 16.8. The van der Waals surface area contributed by atoms with E-state index in [0.29, 0.717) is 24.3 Å². The number of nitrogens with zero attached hydrogens (tertiary/aromatic N) is 6. The first-order valence-electron chi connectivity index (χ1n) is 13.9. The number of nitrogens with two attached hydrogens (primary N) is 1. The summed E-state index contributed by atoms with van der Waals surface area (Å²) in [6.07, 6.45) is -0.638. The maximum atomic E-state index is 12.8. The summed E-state index contributed by atoms with van der Waals surface area (Å²) in [5.74, 6) is -0.344. The number of morpholine rings is 1. The average molecular weight is 487 g/mol. The summed E-state index contributed by atoms with van der Waals surface area (Å²) < 4.78 is 68.9. The van der Waals surface area contributed by atoms with Crippen molar-refractivity contribution in [1.82, 2.24) is 24.4 Å². The Labute approximate surface area is 210 Å². The molecule has 0 unspecified atom stereocenters. The molecule has 0 saturated carbocycles. The SMILES string of the molecule is [2H]C([2H])(Oc1ccc2c3n(c(=NC(=O)c4cnc(N)nc4)nc2c1OC)CCN3)C([2H])([2H])C([2H])([2H])N1CCOCC1. The fourth-order valence-electron chi connectivity index (χ4n) is 3.77. The molecule has 1 amide bonds. The van der Waals surface area contributed by atoms with Gasteiger partial charge in [-0.1, -0.05) is 0 Å². The third-order valence-electron chi connectivity index (χ3n) is 5.46. The predicted molar refractivity (Wildman–Crippen MR) is 128 cm³/mol. The number of carbonyl (C=O) groups is 1. The molecule has 0 atom stereocenters. The van der Waals surface area contributed by atoms with Crippen LogP contribution >= 0.6 is 0 Å². The lowest BCUT2D eigenvalue weighted by molar-refractivity contribution is 0.0357. The molecule has 0 spiro atoms. The van der Waals surface area contributed by atoms with Crippen LogP contribution in [0.25, 0.3) is 10.9 Å². The van der Waals surface area contributed by atoms with E-state index in [2.05, 4.69) is 25.3 Å². The Kier molecular flexibility index (Phi) is 4.91. The van der Waals surface area contributed by atoms with E-state index in [9.17, 15) is 4.79 Å². The number of anilines is 2. The van der Waals surface area contributed by atoms with Gasteiger partial charge < -0.3 is 25.3 Å². The number of aromatic nitrogens is 4. The summed E-state index contributed by atoms with van der Waals surface area (Å²) in [7, 11) is 1.31. The molecule has 12 heteroatoms. The number of nitrogen functional groups attached to an aromatic ring is 1. The molecule has 3 aromatic rings. The maximum absolute atomic E-state index is 12.8. The molecule has 35 heavy (non-hydrogen) atoms. The molecule has 2 aliphatic heterocycles. The van der Waals surface area contributed by atoms with E-state index in [4.69, 9.17) is 28.2 Å². The van der Waals surface area contributed by atoms with Gasteiger partial charge in [0, 0.05) is 55.9 Å². The van der Waals surface area contributed by atoms with E-state index in [1.165, 1.54) is 30.5 Å². The van der Waals surface area contributed by atoms with E-state index in [0.717, 1.165) is 0 Å². The number of benzene rings is 1. The minimum absolute atomic E-state index is 0.00405. The van der Waals surface area contributed by atoms with Crippen molar-refractivity contribution in [3.8, 4) is 11.5 Å². The van der Waals surface area contributed by atoms with Crippen molar-refractivity contribution in [2.45, 2.75) is 12.9 Å². The van der Waals surface area contributed by atoms with Crippen molar-refractivity contribution >= 4 is 28.6 Å². The number of nitrogens with one attached hydrogen (secondary N) is 1. The van der Waals surface area contributed by atoms with Gasteiger partial charge >= 0.3 is 0 Å². The molecule has 1 saturated heterocycles. The molecule has 0 aliphatic carbocycles. The highest BCUT2D eigenvalue weighted by Gasteiger charge is 2.21. The second-order valence-corrected chi connectivity index (χ2v) is 7.62. The van der Waals surface area contributed by atoms with Gasteiger partial charge in [0.2, 0.25) is 11.6 Å². The minimum Gasteiger partial charge on any atom is -0.491 e. The van der Waals surface area contributed by atoms with Crippen LogP contribution in [0.15, 0.2) is 29.5 Å². The smallest absolute Gasteiger partial charge is 0.283 e. The van der Waals surface area contributed by atoms with Crippen LogP contribution in [0.2, 0.25) is 0 Å². The Hall–Kier alpha value is -3.77. The van der Waals surface area contributed by atoms with E-state index < -0.39 is 25.3 Å². The van der Waals surface area contributed by atoms with Gasteiger partial charge in [-0.3, -0.25) is 14.3 Å². The lowest BCUT2D eigenvalue weighted by atomic mass is 10.2. The number of rotatable bonds is 7. The van der Waals surface area contributed by atoms with Gasteiger partial charge in [0.15, 0.2) is 11.5 Å². The average Bonchev–Trinajstić information content (AvgIpc) is 3.44. The molecule has 5 rings (SSSR count). The highest BCUT2D eigenvalue weighted by atomic mass is 16.5. The molecule has 1 fully saturated rings. The van der Waals surface area contributed by atoms with Gasteiger partial charge in [0.05, 0.1) is 35.2 Å². The summed E-state index contributed by atoms with van der Waals surface area (Å²) in [5.41, 5.74) is 5.78. The number of amides is 1. The first-order chi connectivity index (χ1) is 19.4. The number of hydrogen-bond donors (Lipinski definition) is 2. The van der Waals surface area contributed by atoms with Crippen LogP contribution in [0.4, 0.5) is 11.8 Å². The fourth-order valence-corrected chi connectivity index (χ4v) is 3.77. The number of ether oxygens (including phenoxy) is 3. The van der Waals surface area contributed by atoms with Crippen LogP contribution < -0.4 is 26.1 Å². The van der Waals surface area contributed by atoms with Gasteiger partial charge in [0.1, 0.15) is 11.3 Å². The topological polar surface area (TPSA) is 142 Å². The second-order valence-electron chi connectivity index (χ2n) is 7.62. The van der Waals surface area contributed by atoms with E-state index in [1.807, 2.05) is 0 Å². The zero-order valence-corrected chi connectivity index (χ0v) is 18.9. The fraction of sp³-hybridized carbons (Fsp3) is 0.435. The number of hydrogen-bond acceptors (Lipinski definition) is 10. The van der Waals surface area contributed by atoms with Gasteiger partial charge in [-0.05, 0) is 18.5 Å². The predicted octanol–water partition coefficient (Wildman–Crippen LogP) is 0.685. The quantitative estimate of drug-likeness (QED) is 0.490. The lowest BCUT2D eigenvalue weighted by Gasteiger charge is -2.26. The molecule has 2 aliphatic rings. The summed E-state index contributed by atoms with van der Waals surface area (Å²) in [5, 5.41) is 3.77. The van der Waals surface area contributed by atoms with Crippen molar-refractivity contribution in [3.05, 3.63) is 35.7 Å². The molecule has 12 nitrogen and oxygen atoms in total. The maximum Gasteiger partial charge on any atom is 0.283 e. The largest absolute Gasteiger partial charge is 0.491 e. The van der Waals surface area contributed by atoms with Gasteiger partial charge in [-0.15, -0.1) is 0 Å². The number of carbonyl (C=O) groups excluding carboxylic acids is 1. The van der Waals surface area contributed by atoms with Crippen LogP contribution in [0.5, 0.6) is 11.5 Å². The van der Waals surface area contributed by atoms with Crippen LogP contribution in [-0.2, 0) is 11.3 Å². The second kappa shape index (κ2) is 10.2. The third-order valence-corrected chi connectivity index (χ3v) is 5.46. The summed E-state index contributed by atoms with van der Waals surface area (Å²) in [6, 6.07) is 2.99. The van der Waals surface area contributed by atoms with E-state index in [-0.39, 0.29) is 60.4 Å². The Morgan fingerprint density at radius 2 is 2.09 bits per heavy atom. The Balaban J connectivity index is 1.57. The van der Waals surface area contributed by atoms with Gasteiger partial charge in [0.25, 0.3) is 5.91 Å². The zero-order valence-electron chi connectivity index (χ0n) is 24.9. The molecule has 3 N–H and O–H groups in total. The van der Waals surface area contributed by atoms with Gasteiger partial charge in [-0.25, -0.2) is 15.0 Å². The standard InChI is InChI=1S/C23H28N8O4/c1-33-19-17(35-10-2-6-30-8-11-34-12-9-30)4-3-16-18(19)28-23(31-7-5-25-20(16)31)29-21(32)15-13-26-22(24)27-14-15/h3-4,13-14,25H,2,5-12H2,1H3,(H2,24,26,27)/i2D2,6D2,10D2. The summed E-state index contributed by atoms with van der Waals surface area (Å²) in [6.45, 7) is -4.32. The van der Waals surface area contributed by atoms with Crippen molar-refractivity contribution in [3.63, 3.8) is 0 Å². The van der Waals surface area contributed by atoms with Crippen LogP contribution in [0.3, 0.4) is 0 Å². The number of methoxy groups -OCH3 is 1. The molecule has 0 radical (unpaired) electrons. The van der Waals surface area contributed by atoms with Crippen molar-refractivity contribution in [1.29, 1.82) is 0 Å². The molecule has 0 bridgehead atoms. The van der Waals surface area contributed by atoms with Crippen molar-refractivity contribution < 1.29 is 27.2 Å². The van der Waals surface area contributed by atoms with Crippen molar-refractivity contribution in [2.24, 2.45) is 4.99 Å². The van der Waals surface area contributed by atoms with Crippen LogP contribution in [-0.4, -0.2) is 83.3 Å². The molecule has 184 valence electrons. The zero-order chi connectivity index (χ0) is 29.6. The normalized spacial score (nSPS) is 20.0. The Bertz CT molecular complexity index is 1540. The third kappa shape index (κ3) is 4.88. The van der Waals surface area contributed by atoms with Crippen molar-refractivity contribution in [2.75, 3.05) is 64.1 Å². The van der Waals surface area contributed by atoms with E-state index in [1.54, 1.807) is 10.6 Å². The first-order valence-corrected chi connectivity index (χ1v) is 10.9. The highest BCUT2D eigenvalue weighted by molar-refractivity contribution is 5.96. The molecule has 1 aromatic carbocycles. The molecule has 4 heterocycles. The van der Waals surface area contributed by atoms with E-state index >= 15 is 0 Å².